The highest BCUT2D eigenvalue weighted by atomic mass is 19.1. The van der Waals surface area contributed by atoms with Crippen molar-refractivity contribution in [2.45, 2.75) is 64.5 Å². The van der Waals surface area contributed by atoms with Gasteiger partial charge in [-0.15, -0.1) is 0 Å². The second-order valence-electron chi connectivity index (χ2n) is 7.52. The van der Waals surface area contributed by atoms with Crippen LogP contribution in [0, 0.1) is 0 Å². The quantitative estimate of drug-likeness (QED) is 0.532. The summed E-state index contributed by atoms with van der Waals surface area (Å²) in [5, 5.41) is 4.18. The molecule has 0 aromatic carbocycles. The summed E-state index contributed by atoms with van der Waals surface area (Å²) >= 11 is 0. The molecule has 2 aromatic heterocycles. The van der Waals surface area contributed by atoms with E-state index < -0.39 is 16.9 Å². The largest absolute Gasteiger partial charge is 0.403 e. The highest BCUT2D eigenvalue weighted by Crippen LogP contribution is 2.29. The van der Waals surface area contributed by atoms with Crippen LogP contribution in [0.15, 0.2) is 25.2 Å². The van der Waals surface area contributed by atoms with Gasteiger partial charge in [-0.25, -0.2) is 9.18 Å². The van der Waals surface area contributed by atoms with Gasteiger partial charge in [0.25, 0.3) is 5.56 Å². The van der Waals surface area contributed by atoms with Crippen LogP contribution >= 0.6 is 0 Å². The lowest BCUT2D eigenvalue weighted by molar-refractivity contribution is 0.132. The summed E-state index contributed by atoms with van der Waals surface area (Å²) in [5.41, 5.74) is -1.09. The monoisotopic (exact) mass is 407 g/mol. The number of hydrogen-bond donors (Lipinski definition) is 1. The molecule has 0 radical (unpaired) electrons. The number of aromatic nitrogens is 2. The summed E-state index contributed by atoms with van der Waals surface area (Å²) < 4.78 is 24.4. The maximum atomic E-state index is 13.9. The van der Waals surface area contributed by atoms with Crippen LogP contribution in [0.4, 0.5) is 4.39 Å². The van der Waals surface area contributed by atoms with Crippen molar-refractivity contribution < 1.29 is 18.4 Å². The lowest BCUT2D eigenvalue weighted by atomic mass is 9.87. The number of aromatic amines is 1. The van der Waals surface area contributed by atoms with Crippen molar-refractivity contribution in [3.05, 3.63) is 32.4 Å². The van der Waals surface area contributed by atoms with E-state index in [4.69, 9.17) is 14.0 Å². The van der Waals surface area contributed by atoms with Crippen LogP contribution in [-0.4, -0.2) is 34.6 Å². The van der Waals surface area contributed by atoms with Gasteiger partial charge in [0.1, 0.15) is 11.1 Å². The van der Waals surface area contributed by atoms with Crippen molar-refractivity contribution in [2.24, 2.45) is 5.16 Å². The molecule has 9 heteroatoms. The summed E-state index contributed by atoms with van der Waals surface area (Å²) in [6, 6.07) is 1.13. The molecule has 1 aliphatic carbocycles. The van der Waals surface area contributed by atoms with Crippen molar-refractivity contribution in [2.75, 3.05) is 13.2 Å². The molecule has 8 nitrogen and oxygen atoms in total. The predicted octanol–water partition coefficient (Wildman–Crippen LogP) is 3.27. The van der Waals surface area contributed by atoms with E-state index in [1.54, 1.807) is 6.92 Å². The van der Waals surface area contributed by atoms with Crippen molar-refractivity contribution in [3.63, 3.8) is 0 Å². The molecule has 2 heterocycles. The van der Waals surface area contributed by atoms with E-state index in [1.807, 2.05) is 6.92 Å². The third-order valence-corrected chi connectivity index (χ3v) is 4.89. The van der Waals surface area contributed by atoms with Crippen LogP contribution in [0.2, 0.25) is 0 Å². The zero-order chi connectivity index (χ0) is 20.9. The number of oxime groups is 1. The molecule has 1 fully saturated rings. The fourth-order valence-corrected chi connectivity index (χ4v) is 3.24. The van der Waals surface area contributed by atoms with Gasteiger partial charge in [-0.3, -0.25) is 9.78 Å². The molecule has 0 atom stereocenters. The first kappa shape index (κ1) is 21.2. The molecule has 0 aliphatic heterocycles. The molecule has 29 heavy (non-hydrogen) atoms. The topological polar surface area (TPSA) is 107 Å². The van der Waals surface area contributed by atoms with E-state index in [0.717, 1.165) is 6.42 Å². The first-order valence-electron chi connectivity index (χ1n) is 9.94. The molecule has 1 saturated carbocycles. The Morgan fingerprint density at radius 1 is 1.31 bits per heavy atom. The zero-order valence-electron chi connectivity index (χ0n) is 16.8. The Balaban J connectivity index is 1.76. The van der Waals surface area contributed by atoms with E-state index in [9.17, 15) is 14.0 Å². The highest BCUT2D eigenvalue weighted by molar-refractivity contribution is 5.85. The van der Waals surface area contributed by atoms with Crippen LogP contribution in [0.5, 0.6) is 6.01 Å². The number of H-pyrrole nitrogens is 1. The fourth-order valence-electron chi connectivity index (χ4n) is 3.24. The van der Waals surface area contributed by atoms with Gasteiger partial charge in [-0.2, -0.15) is 4.98 Å². The van der Waals surface area contributed by atoms with Crippen molar-refractivity contribution in [3.8, 4) is 6.01 Å². The summed E-state index contributed by atoms with van der Waals surface area (Å²) in [5.74, 6) is 0. The summed E-state index contributed by atoms with van der Waals surface area (Å²) in [7, 11) is 0. The lowest BCUT2D eigenvalue weighted by Gasteiger charge is -2.25. The second-order valence-corrected chi connectivity index (χ2v) is 7.52. The van der Waals surface area contributed by atoms with Crippen LogP contribution in [0.1, 0.15) is 57.9 Å². The minimum absolute atomic E-state index is 0.0964. The molecular formula is C20H26FN3O5. The molecule has 1 N–H and O–H groups in total. The Hall–Kier alpha value is -2.55. The molecule has 1 aliphatic rings. The van der Waals surface area contributed by atoms with Crippen LogP contribution < -0.4 is 16.0 Å². The third kappa shape index (κ3) is 5.72. The van der Waals surface area contributed by atoms with Gasteiger partial charge in [0.15, 0.2) is 0 Å². The van der Waals surface area contributed by atoms with Gasteiger partial charge in [-0.05, 0) is 57.4 Å². The minimum atomic E-state index is -1.18. The third-order valence-electron chi connectivity index (χ3n) is 4.89. The number of halogens is 1. The molecule has 2 aromatic rings. The number of nitrogens with one attached hydrogen (secondary N) is 1. The molecule has 158 valence electrons. The number of hydrogen-bond acceptors (Lipinski definition) is 7. The Labute approximate surface area is 167 Å². The van der Waals surface area contributed by atoms with Gasteiger partial charge in [0, 0.05) is 19.3 Å². The lowest BCUT2D eigenvalue weighted by Crippen LogP contribution is -2.26. The maximum Gasteiger partial charge on any atom is 0.337 e. The average Bonchev–Trinajstić information content (AvgIpc) is 2.66. The Kier molecular flexibility index (Phi) is 6.79. The molecule has 0 unspecified atom stereocenters. The maximum absolute atomic E-state index is 13.9. The van der Waals surface area contributed by atoms with E-state index in [1.165, 1.54) is 6.07 Å². The number of ether oxygens (including phenoxy) is 1. The van der Waals surface area contributed by atoms with Gasteiger partial charge in [0.2, 0.25) is 5.71 Å². The SMILES string of the molecule is CCCOCCCc1cc(=O)oc2nc(ON=C3CCC(C)(F)CC3)[nH]c(=O)c12. The number of fused-ring (bicyclic) bond motifs is 1. The van der Waals surface area contributed by atoms with E-state index in [-0.39, 0.29) is 17.1 Å². The number of aryl methyl sites for hydroxylation is 1. The first-order valence-corrected chi connectivity index (χ1v) is 9.94. The molecule has 0 bridgehead atoms. The Morgan fingerprint density at radius 2 is 2.07 bits per heavy atom. The standard InChI is InChI=1S/C20H26FN3O5/c1-3-10-27-11-4-5-13-12-15(25)28-18-16(13)17(26)22-19(23-18)29-24-14-6-8-20(2,21)9-7-14/h12H,3-11H2,1-2H3,(H,22,23,26). The predicted molar refractivity (Wildman–Crippen MR) is 106 cm³/mol. The molecule has 0 amide bonds. The first-order chi connectivity index (χ1) is 13.9. The number of alkyl halides is 1. The van der Waals surface area contributed by atoms with Crippen LogP contribution in [0.25, 0.3) is 11.1 Å². The van der Waals surface area contributed by atoms with Crippen molar-refractivity contribution in [1.82, 2.24) is 9.97 Å². The van der Waals surface area contributed by atoms with Crippen LogP contribution in [-0.2, 0) is 11.2 Å². The Bertz CT molecular complexity index is 984. The normalized spacial score (nSPS) is 19.5. The highest BCUT2D eigenvalue weighted by Gasteiger charge is 2.28. The summed E-state index contributed by atoms with van der Waals surface area (Å²) in [6.07, 6.45) is 3.78. The van der Waals surface area contributed by atoms with Gasteiger partial charge in [0.05, 0.1) is 5.71 Å². The van der Waals surface area contributed by atoms with E-state index >= 15 is 0 Å². The molecule has 3 rings (SSSR count). The summed E-state index contributed by atoms with van der Waals surface area (Å²) in [4.78, 5) is 36.2. The summed E-state index contributed by atoms with van der Waals surface area (Å²) in [6.45, 7) is 4.81. The molecule has 0 spiro atoms. The Morgan fingerprint density at radius 3 is 2.79 bits per heavy atom. The van der Waals surface area contributed by atoms with E-state index in [0.29, 0.717) is 63.0 Å². The number of rotatable bonds is 8. The van der Waals surface area contributed by atoms with Crippen LogP contribution in [0.3, 0.4) is 0 Å². The average molecular weight is 407 g/mol. The smallest absolute Gasteiger partial charge is 0.337 e. The second kappa shape index (κ2) is 9.30. The molecular weight excluding hydrogens is 381 g/mol. The minimum Gasteiger partial charge on any atom is -0.403 e. The van der Waals surface area contributed by atoms with E-state index in [2.05, 4.69) is 15.1 Å². The van der Waals surface area contributed by atoms with Gasteiger partial charge in [-0.1, -0.05) is 12.1 Å². The fraction of sp³-hybridized carbons (Fsp3) is 0.600. The molecule has 0 saturated heterocycles. The number of nitrogens with zero attached hydrogens (tertiary/aromatic N) is 2. The van der Waals surface area contributed by atoms with Gasteiger partial charge >= 0.3 is 11.6 Å². The van der Waals surface area contributed by atoms with Gasteiger partial charge < -0.3 is 14.0 Å². The van der Waals surface area contributed by atoms with Crippen molar-refractivity contribution in [1.29, 1.82) is 0 Å². The van der Waals surface area contributed by atoms with Crippen molar-refractivity contribution >= 4 is 16.8 Å². The zero-order valence-corrected chi connectivity index (χ0v) is 16.8.